The van der Waals surface area contributed by atoms with Crippen molar-refractivity contribution in [2.45, 2.75) is 18.3 Å². The number of nitrogens with one attached hydrogen (secondary N) is 1. The van der Waals surface area contributed by atoms with Crippen LogP contribution < -0.4 is 5.32 Å². The number of pyridine rings is 1. The maximum absolute atomic E-state index is 12.8. The molecule has 138 valence electrons. The molecule has 0 spiro atoms. The lowest BCUT2D eigenvalue weighted by atomic mass is 9.70. The molecule has 0 atom stereocenters. The van der Waals surface area contributed by atoms with E-state index >= 15 is 0 Å². The first kappa shape index (κ1) is 17.7. The molecule has 0 bridgehead atoms. The Morgan fingerprint density at radius 2 is 1.81 bits per heavy atom. The Bertz CT molecular complexity index is 902. The van der Waals surface area contributed by atoms with Crippen molar-refractivity contribution in [3.63, 3.8) is 0 Å². The van der Waals surface area contributed by atoms with E-state index in [1.165, 1.54) is 5.56 Å². The second-order valence-corrected chi connectivity index (χ2v) is 7.62. The molecule has 0 radical (unpaired) electrons. The van der Waals surface area contributed by atoms with Gasteiger partial charge in [-0.1, -0.05) is 30.3 Å². The summed E-state index contributed by atoms with van der Waals surface area (Å²) in [5, 5.41) is 6.22. The van der Waals surface area contributed by atoms with Crippen LogP contribution in [0.15, 0.2) is 60.2 Å². The molecule has 0 unspecified atom stereocenters. The second-order valence-electron chi connectivity index (χ2n) is 6.76. The molecule has 0 aliphatic carbocycles. The number of thiazole rings is 1. The highest BCUT2D eigenvalue weighted by atomic mass is 32.1. The van der Waals surface area contributed by atoms with Crippen molar-refractivity contribution in [1.29, 1.82) is 0 Å². The summed E-state index contributed by atoms with van der Waals surface area (Å²) in [7, 11) is 1.90. The SMILES string of the molecule is CNc1nc(C2(c3ccccc3)CCN(C(=O)c3ccncc3)CC2)cs1. The molecule has 2 aromatic heterocycles. The number of carbonyl (C=O) groups is 1. The Labute approximate surface area is 163 Å². The first-order chi connectivity index (χ1) is 13.2. The van der Waals surface area contributed by atoms with E-state index in [9.17, 15) is 4.79 Å². The summed E-state index contributed by atoms with van der Waals surface area (Å²) < 4.78 is 0. The van der Waals surface area contributed by atoms with Crippen LogP contribution in [0.25, 0.3) is 0 Å². The van der Waals surface area contributed by atoms with E-state index in [4.69, 9.17) is 4.98 Å². The largest absolute Gasteiger partial charge is 0.365 e. The highest BCUT2D eigenvalue weighted by Crippen LogP contribution is 2.42. The molecule has 1 N–H and O–H groups in total. The lowest BCUT2D eigenvalue weighted by molar-refractivity contribution is 0.0684. The summed E-state index contributed by atoms with van der Waals surface area (Å²) in [4.78, 5) is 23.6. The van der Waals surface area contributed by atoms with Crippen LogP contribution in [0.1, 0.15) is 34.5 Å². The van der Waals surface area contributed by atoms with Gasteiger partial charge in [-0.3, -0.25) is 9.78 Å². The summed E-state index contributed by atoms with van der Waals surface area (Å²) >= 11 is 1.63. The van der Waals surface area contributed by atoms with Crippen LogP contribution in [0, 0.1) is 0 Å². The summed E-state index contributed by atoms with van der Waals surface area (Å²) in [6.45, 7) is 1.42. The molecule has 1 saturated heterocycles. The van der Waals surface area contributed by atoms with Gasteiger partial charge >= 0.3 is 0 Å². The van der Waals surface area contributed by atoms with E-state index in [0.717, 1.165) is 23.7 Å². The van der Waals surface area contributed by atoms with Crippen LogP contribution in [-0.4, -0.2) is 40.9 Å². The smallest absolute Gasteiger partial charge is 0.253 e. The average Bonchev–Trinajstić information content (AvgIpc) is 3.24. The Morgan fingerprint density at radius 1 is 1.11 bits per heavy atom. The number of hydrogen-bond acceptors (Lipinski definition) is 5. The van der Waals surface area contributed by atoms with Gasteiger partial charge in [-0.25, -0.2) is 4.98 Å². The first-order valence-electron chi connectivity index (χ1n) is 9.11. The van der Waals surface area contributed by atoms with Crippen LogP contribution in [0.5, 0.6) is 0 Å². The molecule has 3 aromatic rings. The van der Waals surface area contributed by atoms with Gasteiger partial charge in [0.05, 0.1) is 5.69 Å². The third-order valence-corrected chi connectivity index (χ3v) is 6.23. The van der Waals surface area contributed by atoms with E-state index in [1.54, 1.807) is 35.9 Å². The lowest BCUT2D eigenvalue weighted by Gasteiger charge is -2.41. The normalized spacial score (nSPS) is 16.1. The Balaban J connectivity index is 1.62. The summed E-state index contributed by atoms with van der Waals surface area (Å²) in [6.07, 6.45) is 5.06. The van der Waals surface area contributed by atoms with Gasteiger partial charge in [0.1, 0.15) is 0 Å². The topological polar surface area (TPSA) is 58.1 Å². The van der Waals surface area contributed by atoms with Gasteiger partial charge in [-0.05, 0) is 30.5 Å². The molecule has 4 rings (SSSR count). The molecular weight excluding hydrogens is 356 g/mol. The first-order valence-corrected chi connectivity index (χ1v) is 9.99. The van der Waals surface area contributed by atoms with E-state index in [1.807, 2.05) is 18.0 Å². The van der Waals surface area contributed by atoms with Gasteiger partial charge in [-0.2, -0.15) is 0 Å². The highest BCUT2D eigenvalue weighted by Gasteiger charge is 2.40. The average molecular weight is 379 g/mol. The van der Waals surface area contributed by atoms with Crippen molar-refractivity contribution in [2.24, 2.45) is 0 Å². The molecule has 1 fully saturated rings. The van der Waals surface area contributed by atoms with Crippen LogP contribution >= 0.6 is 11.3 Å². The van der Waals surface area contributed by atoms with Gasteiger partial charge < -0.3 is 10.2 Å². The van der Waals surface area contributed by atoms with Crippen molar-refractivity contribution in [3.05, 3.63) is 77.1 Å². The minimum atomic E-state index is -0.151. The fourth-order valence-corrected chi connectivity index (χ4v) is 4.60. The Kier molecular flexibility index (Phi) is 4.90. The fourth-order valence-electron chi connectivity index (χ4n) is 3.83. The van der Waals surface area contributed by atoms with Crippen molar-refractivity contribution in [3.8, 4) is 0 Å². The molecule has 1 amide bonds. The van der Waals surface area contributed by atoms with E-state index < -0.39 is 0 Å². The molecule has 6 heteroatoms. The maximum atomic E-state index is 12.8. The lowest BCUT2D eigenvalue weighted by Crippen LogP contribution is -2.46. The third-order valence-electron chi connectivity index (χ3n) is 5.37. The number of piperidine rings is 1. The summed E-state index contributed by atoms with van der Waals surface area (Å²) in [5.74, 6) is 0.0771. The molecule has 1 aliphatic heterocycles. The minimum Gasteiger partial charge on any atom is -0.365 e. The predicted octanol–water partition coefficient (Wildman–Crippen LogP) is 3.80. The Hall–Kier alpha value is -2.73. The number of rotatable bonds is 4. The van der Waals surface area contributed by atoms with Crippen molar-refractivity contribution >= 4 is 22.4 Å². The number of nitrogens with zero attached hydrogens (tertiary/aromatic N) is 3. The number of aromatic nitrogens is 2. The van der Waals surface area contributed by atoms with Gasteiger partial charge in [0.25, 0.3) is 5.91 Å². The van der Waals surface area contributed by atoms with Crippen molar-refractivity contribution in [2.75, 3.05) is 25.5 Å². The van der Waals surface area contributed by atoms with Crippen molar-refractivity contribution in [1.82, 2.24) is 14.9 Å². The second kappa shape index (κ2) is 7.48. The van der Waals surface area contributed by atoms with Crippen LogP contribution in [0.4, 0.5) is 5.13 Å². The standard InChI is InChI=1S/C21H22N4OS/c1-22-20-24-18(15-27-20)21(17-5-3-2-4-6-17)9-13-25(14-10-21)19(26)16-7-11-23-12-8-16/h2-8,11-12,15H,9-10,13-14H2,1H3,(H,22,24). The molecule has 5 nitrogen and oxygen atoms in total. The number of amides is 1. The van der Waals surface area contributed by atoms with Gasteiger partial charge in [-0.15, -0.1) is 11.3 Å². The van der Waals surface area contributed by atoms with E-state index in [2.05, 4.69) is 39.9 Å². The van der Waals surface area contributed by atoms with Gasteiger partial charge in [0, 0.05) is 48.9 Å². The molecule has 27 heavy (non-hydrogen) atoms. The fraction of sp³-hybridized carbons (Fsp3) is 0.286. The van der Waals surface area contributed by atoms with E-state index in [0.29, 0.717) is 18.7 Å². The van der Waals surface area contributed by atoms with Crippen molar-refractivity contribution < 1.29 is 4.79 Å². The van der Waals surface area contributed by atoms with Crippen LogP contribution in [0.3, 0.4) is 0 Å². The van der Waals surface area contributed by atoms with Gasteiger partial charge in [0.2, 0.25) is 0 Å². The number of carbonyl (C=O) groups excluding carboxylic acids is 1. The summed E-state index contributed by atoms with van der Waals surface area (Å²) in [5.41, 5.74) is 2.92. The predicted molar refractivity (Wildman–Crippen MR) is 108 cm³/mol. The third kappa shape index (κ3) is 3.32. The molecule has 0 saturated carbocycles. The molecular formula is C21H22N4OS. The van der Waals surface area contributed by atoms with Gasteiger partial charge in [0.15, 0.2) is 5.13 Å². The quantitative estimate of drug-likeness (QED) is 0.750. The zero-order chi connectivity index (χ0) is 18.7. The Morgan fingerprint density at radius 3 is 2.44 bits per heavy atom. The zero-order valence-corrected chi connectivity index (χ0v) is 16.1. The summed E-state index contributed by atoms with van der Waals surface area (Å²) in [6, 6.07) is 14.1. The van der Waals surface area contributed by atoms with E-state index in [-0.39, 0.29) is 11.3 Å². The monoisotopic (exact) mass is 378 g/mol. The molecule has 3 heterocycles. The number of benzene rings is 1. The molecule has 1 aromatic carbocycles. The van der Waals surface area contributed by atoms with Crippen LogP contribution in [-0.2, 0) is 5.41 Å². The number of likely N-dealkylation sites (tertiary alicyclic amines) is 1. The highest BCUT2D eigenvalue weighted by molar-refractivity contribution is 7.13. The maximum Gasteiger partial charge on any atom is 0.253 e. The molecule has 1 aliphatic rings. The zero-order valence-electron chi connectivity index (χ0n) is 15.3. The van der Waals surface area contributed by atoms with Crippen LogP contribution in [0.2, 0.25) is 0 Å². The minimum absolute atomic E-state index is 0.0771. The number of hydrogen-bond donors (Lipinski definition) is 1. The number of anilines is 1.